The Morgan fingerprint density at radius 2 is 1.48 bits per heavy atom. The predicted octanol–water partition coefficient (Wildman–Crippen LogP) is -0.920. The highest BCUT2D eigenvalue weighted by atomic mass is 32.2. The van der Waals surface area contributed by atoms with Crippen LogP contribution in [0.15, 0.2) is 53.7 Å². The minimum Gasteiger partial charge on any atom is -0.480 e. The number of aromatic amines is 1. The predicted molar refractivity (Wildman–Crippen MR) is 288 cm³/mol. The van der Waals surface area contributed by atoms with Gasteiger partial charge in [0.1, 0.15) is 48.0 Å². The number of guanidine groups is 1. The van der Waals surface area contributed by atoms with Crippen molar-refractivity contribution in [1.82, 2.24) is 42.2 Å². The van der Waals surface area contributed by atoms with Crippen molar-refractivity contribution < 1.29 is 58.4 Å². The largest absolute Gasteiger partial charge is 0.480 e. The maximum absolute atomic E-state index is 14.2. The van der Waals surface area contributed by atoms with E-state index in [1.165, 1.54) is 22.7 Å². The van der Waals surface area contributed by atoms with Gasteiger partial charge in [-0.1, -0.05) is 32.0 Å². The van der Waals surface area contributed by atoms with Gasteiger partial charge in [0.05, 0.1) is 29.1 Å². The molecule has 4 rings (SSSR count). The fourth-order valence-electron chi connectivity index (χ4n) is 8.32. The number of non-ortho nitro benzene ring substituents is 1. The number of nitrogens with two attached hydrogens (primary N) is 2. The number of carbonyl (C=O) groups excluding carboxylic acids is 7. The summed E-state index contributed by atoms with van der Waals surface area (Å²) in [5, 5.41) is 61.5. The summed E-state index contributed by atoms with van der Waals surface area (Å²) in [7, 11) is 0. The molecule has 1 aliphatic rings. The Bertz CT molecular complexity index is 2650. The maximum Gasteiger partial charge on any atom is 0.327 e. The first-order chi connectivity index (χ1) is 36.6. The molecule has 3 aromatic rings. The number of anilines is 1. The number of thioether (sulfide) groups is 1. The molecule has 1 fully saturated rings. The lowest BCUT2D eigenvalue weighted by Crippen LogP contribution is -2.60. The van der Waals surface area contributed by atoms with Crippen LogP contribution in [0.4, 0.5) is 17.1 Å². The number of aromatic nitrogens is 1. The van der Waals surface area contributed by atoms with E-state index in [0.717, 1.165) is 12.1 Å². The number of para-hydroxylation sites is 1. The molecule has 14 N–H and O–H groups in total. The molecule has 1 aromatic heterocycles. The van der Waals surface area contributed by atoms with Gasteiger partial charge in [0.25, 0.3) is 11.4 Å². The number of aliphatic hydroxyl groups is 1. The number of benzene rings is 2. The number of aliphatic imine (C=N–C) groups is 1. The number of amides is 7. The fraction of sp³-hybridized carbons (Fsp3) is 0.511. The van der Waals surface area contributed by atoms with Gasteiger partial charge in [-0.05, 0) is 74.1 Å². The molecule has 0 saturated carbocycles. The molecule has 2 aromatic carbocycles. The summed E-state index contributed by atoms with van der Waals surface area (Å²) in [4.78, 5) is 138. The first kappa shape index (κ1) is 61.8. The summed E-state index contributed by atoms with van der Waals surface area (Å²) in [6.45, 7) is 2.18. The van der Waals surface area contributed by atoms with E-state index in [0.29, 0.717) is 28.6 Å². The van der Waals surface area contributed by atoms with Crippen molar-refractivity contribution in [2.24, 2.45) is 22.4 Å². The molecular weight excluding hydrogens is 1050 g/mol. The van der Waals surface area contributed by atoms with Gasteiger partial charge in [-0.3, -0.25) is 58.8 Å². The van der Waals surface area contributed by atoms with Gasteiger partial charge in [0.15, 0.2) is 5.96 Å². The minimum atomic E-state index is -1.72. The Kier molecular flexibility index (Phi) is 24.2. The smallest absolute Gasteiger partial charge is 0.327 e. The summed E-state index contributed by atoms with van der Waals surface area (Å²) in [6, 6.07) is 0.738. The van der Waals surface area contributed by atoms with Crippen molar-refractivity contribution in [1.29, 1.82) is 0 Å². The van der Waals surface area contributed by atoms with Crippen molar-refractivity contribution in [3.63, 3.8) is 0 Å². The number of hydrogen-bond donors (Lipinski definition) is 13. The molecule has 0 unspecified atom stereocenters. The molecule has 28 nitrogen and oxygen atoms in total. The monoisotopic (exact) mass is 1110 g/mol. The second-order valence-corrected chi connectivity index (χ2v) is 19.7. The lowest BCUT2D eigenvalue weighted by Gasteiger charge is -2.28. The summed E-state index contributed by atoms with van der Waals surface area (Å²) in [5.74, 6) is -7.71. The van der Waals surface area contributed by atoms with E-state index in [-0.39, 0.29) is 74.9 Å². The Morgan fingerprint density at radius 3 is 2.10 bits per heavy atom. The van der Waals surface area contributed by atoms with E-state index < -0.39 is 124 Å². The van der Waals surface area contributed by atoms with Crippen LogP contribution < -0.4 is 53.6 Å². The molecule has 7 atom stereocenters. The van der Waals surface area contributed by atoms with Gasteiger partial charge in [-0.2, -0.15) is 24.4 Å². The molecule has 0 radical (unpaired) electrons. The van der Waals surface area contributed by atoms with Crippen LogP contribution in [0.25, 0.3) is 10.9 Å². The SMILES string of the molecule is CSCC[C@H](NC(=O)CNC(=O)[C@H](CC(C)C)NC(=O)[C@@H]1CCCN1c1ccc([N+](=O)[O-])cc1[N+](=O)[O-])C(=O)N[C@@H](Cc1c[nH]c2ccccc12)C(=O)N[C@@H](CO)C(=O)N[C@@H](CCCN=C(N)N)C(=O)N[C@@H](CS)C(=O)O. The number of carbonyl (C=O) groups is 8. The van der Waals surface area contributed by atoms with E-state index in [1.54, 1.807) is 50.6 Å². The molecule has 0 bridgehead atoms. The first-order valence-electron chi connectivity index (χ1n) is 24.4. The number of H-pyrrole nitrogens is 1. The Morgan fingerprint density at radius 1 is 0.844 bits per heavy atom. The first-order valence-corrected chi connectivity index (χ1v) is 26.4. The van der Waals surface area contributed by atoms with Gasteiger partial charge in [0, 0.05) is 48.4 Å². The second kappa shape index (κ2) is 30.1. The molecule has 7 amide bonds. The summed E-state index contributed by atoms with van der Waals surface area (Å²) in [5.41, 5.74) is 11.0. The third-order valence-electron chi connectivity index (χ3n) is 12.2. The third kappa shape index (κ3) is 18.5. The van der Waals surface area contributed by atoms with E-state index >= 15 is 0 Å². The van der Waals surface area contributed by atoms with Crippen molar-refractivity contribution in [2.45, 2.75) is 101 Å². The zero-order valence-corrected chi connectivity index (χ0v) is 44.2. The van der Waals surface area contributed by atoms with E-state index in [9.17, 15) is 68.8 Å². The van der Waals surface area contributed by atoms with Crippen LogP contribution in [0.1, 0.15) is 57.9 Å². The quantitative estimate of drug-likeness (QED) is 0.00925. The molecule has 420 valence electrons. The number of fused-ring (bicyclic) bond motifs is 1. The highest BCUT2D eigenvalue weighted by molar-refractivity contribution is 7.98. The lowest BCUT2D eigenvalue weighted by molar-refractivity contribution is -0.393. The topological polar surface area (TPSA) is 431 Å². The van der Waals surface area contributed by atoms with Gasteiger partial charge >= 0.3 is 5.97 Å². The maximum atomic E-state index is 14.2. The van der Waals surface area contributed by atoms with Crippen molar-refractivity contribution in [3.05, 3.63) is 74.5 Å². The number of nitrogens with one attached hydrogen (secondary N) is 8. The summed E-state index contributed by atoms with van der Waals surface area (Å²) in [6.07, 6.45) is 4.06. The van der Waals surface area contributed by atoms with Crippen LogP contribution in [0, 0.1) is 26.1 Å². The van der Waals surface area contributed by atoms with Crippen LogP contribution in [0.5, 0.6) is 0 Å². The van der Waals surface area contributed by atoms with Crippen LogP contribution in [-0.2, 0) is 44.8 Å². The van der Waals surface area contributed by atoms with Crippen LogP contribution in [0.2, 0.25) is 0 Å². The van der Waals surface area contributed by atoms with Gasteiger partial charge in [-0.15, -0.1) is 0 Å². The van der Waals surface area contributed by atoms with Gasteiger partial charge in [-0.25, -0.2) is 4.79 Å². The fourth-order valence-corrected chi connectivity index (χ4v) is 9.04. The number of nitro groups is 2. The number of carboxylic acids is 1. The Balaban J connectivity index is 1.50. The molecule has 30 heteroatoms. The minimum absolute atomic E-state index is 0.00755. The summed E-state index contributed by atoms with van der Waals surface area (Å²) < 4.78 is 0. The lowest BCUT2D eigenvalue weighted by atomic mass is 10.0. The number of aliphatic hydroxyl groups excluding tert-OH is 1. The Hall–Kier alpha value is -7.73. The molecular formula is C47H66N14O14S2. The molecule has 77 heavy (non-hydrogen) atoms. The molecule has 1 saturated heterocycles. The van der Waals surface area contributed by atoms with Gasteiger partial charge < -0.3 is 68.8 Å². The second-order valence-electron chi connectivity index (χ2n) is 18.3. The molecule has 0 spiro atoms. The van der Waals surface area contributed by atoms with E-state index in [1.807, 2.05) is 0 Å². The number of carboxylic acid groups (broad SMARTS) is 1. The zero-order chi connectivity index (χ0) is 56.9. The van der Waals surface area contributed by atoms with E-state index in [2.05, 4.69) is 59.8 Å². The number of nitrogens with zero attached hydrogens (tertiary/aromatic N) is 4. The number of aliphatic carboxylic acids is 1. The zero-order valence-electron chi connectivity index (χ0n) is 42.5. The number of hydrogen-bond acceptors (Lipinski definition) is 17. The average molecular weight is 1120 g/mol. The number of rotatable bonds is 31. The summed E-state index contributed by atoms with van der Waals surface area (Å²) >= 11 is 5.31. The van der Waals surface area contributed by atoms with E-state index in [4.69, 9.17) is 11.5 Å². The number of nitro benzene ring substituents is 2. The normalized spacial score (nSPS) is 15.4. The molecule has 2 heterocycles. The standard InChI is InChI=1S/C47H66N14O14S2/c1-25(2)18-32(56-45(69)37-11-7-16-59(37)36-13-12-27(60(72)73)20-38(36)61(74)75)40(64)52-22-39(63)53-31(14-17-77-3)42(66)55-33(19-26-21-51-29-9-5-4-8-28(26)29)43(67)57-34(23-62)44(68)54-30(10-6-15-50-47(48)49)41(65)58-35(24-76)46(70)71/h4-5,8-9,12-13,20-21,25,30-35,37,51,62,76H,6-7,10-11,14-19,22-24H2,1-3H3,(H,52,64)(H,53,63)(H,54,68)(H,55,66)(H,56,69)(H,57,67)(H,58,65)(H,70,71)(H4,48,49,50)/t30-,31-,32-,33-,34-,35-,37-/m0/s1. The average Bonchev–Trinajstić information content (AvgIpc) is 4.05. The van der Waals surface area contributed by atoms with Crippen molar-refractivity contribution >= 4 is 106 Å². The number of thiol groups is 1. The molecule has 0 aliphatic carbocycles. The Labute approximate surface area is 451 Å². The van der Waals surface area contributed by atoms with Gasteiger partial charge in [0.2, 0.25) is 41.4 Å². The van der Waals surface area contributed by atoms with Crippen LogP contribution in [0.3, 0.4) is 0 Å². The van der Waals surface area contributed by atoms with Crippen LogP contribution in [-0.4, -0.2) is 165 Å². The van der Waals surface area contributed by atoms with Crippen molar-refractivity contribution in [3.8, 4) is 0 Å². The van der Waals surface area contributed by atoms with Crippen molar-refractivity contribution in [2.75, 3.05) is 48.9 Å². The highest BCUT2D eigenvalue weighted by Gasteiger charge is 2.38. The van der Waals surface area contributed by atoms with Crippen LogP contribution >= 0.6 is 24.4 Å². The molecule has 1 aliphatic heterocycles. The third-order valence-corrected chi connectivity index (χ3v) is 13.2. The highest BCUT2D eigenvalue weighted by Crippen LogP contribution is 2.36.